The Morgan fingerprint density at radius 3 is 2.34 bits per heavy atom. The van der Waals surface area contributed by atoms with Crippen LogP contribution in [0, 0.1) is 5.92 Å². The summed E-state index contributed by atoms with van der Waals surface area (Å²) in [7, 11) is 0. The van der Waals surface area contributed by atoms with Gasteiger partial charge in [-0.25, -0.2) is 0 Å². The molecule has 32 heavy (non-hydrogen) atoms. The van der Waals surface area contributed by atoms with Crippen LogP contribution in [0.25, 0.3) is 6.08 Å². The Balaban J connectivity index is 1.08. The van der Waals surface area contributed by atoms with Crippen LogP contribution in [0.3, 0.4) is 0 Å². The van der Waals surface area contributed by atoms with Crippen molar-refractivity contribution in [2.45, 2.75) is 44.7 Å². The van der Waals surface area contributed by atoms with Crippen molar-refractivity contribution in [1.29, 1.82) is 0 Å². The molecule has 4 nitrogen and oxygen atoms in total. The first-order chi connectivity index (χ1) is 15.7. The number of hydrogen-bond acceptors (Lipinski definition) is 3. The van der Waals surface area contributed by atoms with Crippen molar-refractivity contribution in [3.8, 4) is 0 Å². The molecule has 1 amide bonds. The van der Waals surface area contributed by atoms with E-state index in [-0.39, 0.29) is 5.91 Å². The van der Waals surface area contributed by atoms with Crippen molar-refractivity contribution >= 4 is 12.0 Å². The molecule has 2 saturated heterocycles. The summed E-state index contributed by atoms with van der Waals surface area (Å²) in [5, 5.41) is 3.29. The van der Waals surface area contributed by atoms with Crippen LogP contribution >= 0.6 is 0 Å². The van der Waals surface area contributed by atoms with Crippen molar-refractivity contribution in [2.75, 3.05) is 32.7 Å². The molecule has 1 atom stereocenters. The van der Waals surface area contributed by atoms with E-state index in [0.717, 1.165) is 52.1 Å². The predicted octanol–water partition coefficient (Wildman–Crippen LogP) is 4.58. The highest BCUT2D eigenvalue weighted by Crippen LogP contribution is 2.22. The third-order valence-electron chi connectivity index (χ3n) is 6.85. The molecular formula is C28H37N3O. The van der Waals surface area contributed by atoms with Crippen molar-refractivity contribution < 1.29 is 4.79 Å². The van der Waals surface area contributed by atoms with Crippen LogP contribution in [0.5, 0.6) is 0 Å². The zero-order chi connectivity index (χ0) is 22.0. The molecule has 0 aromatic heterocycles. The molecule has 2 aliphatic heterocycles. The maximum atomic E-state index is 12.5. The molecule has 2 aromatic carbocycles. The molecule has 2 fully saturated rings. The Hall–Kier alpha value is -2.43. The molecule has 2 heterocycles. The summed E-state index contributed by atoms with van der Waals surface area (Å²) in [5.74, 6) is 0.929. The minimum Gasteiger partial charge on any atom is -0.352 e. The second-order valence-corrected chi connectivity index (χ2v) is 9.37. The summed E-state index contributed by atoms with van der Waals surface area (Å²) in [6, 6.07) is 21.4. The van der Waals surface area contributed by atoms with E-state index in [1.54, 1.807) is 0 Å². The molecule has 0 spiro atoms. The number of nitrogens with one attached hydrogen (secondary N) is 1. The average Bonchev–Trinajstić information content (AvgIpc) is 3.26. The zero-order valence-corrected chi connectivity index (χ0v) is 19.2. The summed E-state index contributed by atoms with van der Waals surface area (Å²) >= 11 is 0. The first kappa shape index (κ1) is 22.8. The third-order valence-corrected chi connectivity index (χ3v) is 6.85. The van der Waals surface area contributed by atoms with Gasteiger partial charge in [0.25, 0.3) is 0 Å². The van der Waals surface area contributed by atoms with Gasteiger partial charge in [-0.3, -0.25) is 14.6 Å². The van der Waals surface area contributed by atoms with E-state index < -0.39 is 0 Å². The Morgan fingerprint density at radius 1 is 0.906 bits per heavy atom. The maximum absolute atomic E-state index is 12.5. The molecule has 1 N–H and O–H groups in total. The number of carbonyl (C=O) groups excluding carboxylic acids is 1. The van der Waals surface area contributed by atoms with Crippen LogP contribution < -0.4 is 5.32 Å². The molecule has 0 radical (unpaired) electrons. The van der Waals surface area contributed by atoms with Gasteiger partial charge < -0.3 is 5.32 Å². The summed E-state index contributed by atoms with van der Waals surface area (Å²) in [6.07, 6.45) is 9.66. The van der Waals surface area contributed by atoms with E-state index in [0.29, 0.717) is 18.4 Å². The molecule has 2 aliphatic rings. The number of piperidine rings is 1. The van der Waals surface area contributed by atoms with E-state index in [1.807, 2.05) is 0 Å². The number of amides is 1. The number of rotatable bonds is 9. The Bertz CT molecular complexity index is 843. The van der Waals surface area contributed by atoms with Crippen molar-refractivity contribution in [3.63, 3.8) is 0 Å². The van der Waals surface area contributed by atoms with Crippen LogP contribution in [0.1, 0.15) is 43.2 Å². The summed E-state index contributed by atoms with van der Waals surface area (Å²) < 4.78 is 0. The number of hydrogen-bond donors (Lipinski definition) is 1. The highest BCUT2D eigenvalue weighted by molar-refractivity contribution is 5.76. The molecule has 0 bridgehead atoms. The van der Waals surface area contributed by atoms with Gasteiger partial charge >= 0.3 is 0 Å². The SMILES string of the molecule is O=C(CCC1CCN(C/C=C/c2ccccc2)CC1)N[C@H]1CCN(Cc2ccccc2)C1. The molecule has 0 saturated carbocycles. The Kier molecular flexibility index (Phi) is 8.52. The Morgan fingerprint density at radius 2 is 1.59 bits per heavy atom. The zero-order valence-electron chi connectivity index (χ0n) is 19.2. The lowest BCUT2D eigenvalue weighted by atomic mass is 9.92. The summed E-state index contributed by atoms with van der Waals surface area (Å²) in [4.78, 5) is 17.5. The van der Waals surface area contributed by atoms with Crippen LogP contribution in [-0.4, -0.2) is 54.5 Å². The van der Waals surface area contributed by atoms with Gasteiger partial charge in [0.15, 0.2) is 0 Å². The quantitative estimate of drug-likeness (QED) is 0.631. The lowest BCUT2D eigenvalue weighted by molar-refractivity contribution is -0.122. The fraction of sp³-hybridized carbons (Fsp3) is 0.464. The van der Waals surface area contributed by atoms with Crippen LogP contribution in [0.2, 0.25) is 0 Å². The summed E-state index contributed by atoms with van der Waals surface area (Å²) in [5.41, 5.74) is 2.61. The van der Waals surface area contributed by atoms with Crippen molar-refractivity contribution in [2.24, 2.45) is 5.92 Å². The first-order valence-electron chi connectivity index (χ1n) is 12.2. The van der Waals surface area contributed by atoms with E-state index in [4.69, 9.17) is 0 Å². The minimum absolute atomic E-state index is 0.241. The standard InChI is InChI=1S/C28H37N3O/c32-28(29-27-17-21-31(23-27)22-26-10-5-2-6-11-26)14-13-25-15-19-30(20-16-25)18-7-12-24-8-3-1-4-9-24/h1-12,25,27H,13-23H2,(H,29,32)/b12-7+/t27-/m0/s1. The van der Waals surface area contributed by atoms with Gasteiger partial charge in [0.05, 0.1) is 0 Å². The smallest absolute Gasteiger partial charge is 0.220 e. The molecule has 4 heteroatoms. The first-order valence-corrected chi connectivity index (χ1v) is 12.2. The second-order valence-electron chi connectivity index (χ2n) is 9.37. The Labute approximate surface area is 193 Å². The predicted molar refractivity (Wildman–Crippen MR) is 132 cm³/mol. The number of nitrogens with zero attached hydrogens (tertiary/aromatic N) is 2. The largest absolute Gasteiger partial charge is 0.352 e. The lowest BCUT2D eigenvalue weighted by Crippen LogP contribution is -2.37. The second kappa shape index (κ2) is 12.0. The fourth-order valence-electron chi connectivity index (χ4n) is 4.93. The van der Waals surface area contributed by atoms with Gasteiger partial charge in [0.1, 0.15) is 0 Å². The van der Waals surface area contributed by atoms with Crippen molar-refractivity contribution in [1.82, 2.24) is 15.1 Å². The highest BCUT2D eigenvalue weighted by Gasteiger charge is 2.24. The maximum Gasteiger partial charge on any atom is 0.220 e. The summed E-state index contributed by atoms with van der Waals surface area (Å²) in [6.45, 7) is 6.31. The van der Waals surface area contributed by atoms with Gasteiger partial charge in [-0.1, -0.05) is 72.8 Å². The molecule has 0 unspecified atom stereocenters. The minimum atomic E-state index is 0.241. The van der Waals surface area contributed by atoms with E-state index in [2.05, 4.69) is 87.9 Å². The van der Waals surface area contributed by atoms with E-state index in [1.165, 1.54) is 24.0 Å². The molecule has 170 valence electrons. The molecule has 2 aromatic rings. The monoisotopic (exact) mass is 431 g/mol. The normalized spacial score (nSPS) is 20.7. The van der Waals surface area contributed by atoms with Gasteiger partial charge in [-0.2, -0.15) is 0 Å². The topological polar surface area (TPSA) is 35.6 Å². The molecule has 0 aliphatic carbocycles. The molecular weight excluding hydrogens is 394 g/mol. The van der Waals surface area contributed by atoms with Crippen LogP contribution in [0.4, 0.5) is 0 Å². The number of benzene rings is 2. The molecule has 4 rings (SSSR count). The van der Waals surface area contributed by atoms with Gasteiger partial charge in [-0.05, 0) is 55.8 Å². The fourth-order valence-corrected chi connectivity index (χ4v) is 4.93. The number of likely N-dealkylation sites (tertiary alicyclic amines) is 2. The lowest BCUT2D eigenvalue weighted by Gasteiger charge is -2.31. The van der Waals surface area contributed by atoms with Crippen molar-refractivity contribution in [3.05, 3.63) is 77.9 Å². The third kappa shape index (κ3) is 7.32. The van der Waals surface area contributed by atoms with Crippen LogP contribution in [-0.2, 0) is 11.3 Å². The number of carbonyl (C=O) groups is 1. The van der Waals surface area contributed by atoms with Gasteiger partial charge in [-0.15, -0.1) is 0 Å². The van der Waals surface area contributed by atoms with E-state index in [9.17, 15) is 4.79 Å². The highest BCUT2D eigenvalue weighted by atomic mass is 16.1. The van der Waals surface area contributed by atoms with Gasteiger partial charge in [0, 0.05) is 38.6 Å². The van der Waals surface area contributed by atoms with E-state index >= 15 is 0 Å². The van der Waals surface area contributed by atoms with Crippen LogP contribution in [0.15, 0.2) is 66.7 Å². The average molecular weight is 432 g/mol. The van der Waals surface area contributed by atoms with Gasteiger partial charge in [0.2, 0.25) is 5.91 Å².